The van der Waals surface area contributed by atoms with Crippen molar-refractivity contribution in [3.63, 3.8) is 0 Å². The molecule has 78 valence electrons. The number of aromatic nitrogens is 1. The Labute approximate surface area is 93.9 Å². The third kappa shape index (κ3) is 2.63. The zero-order valence-corrected chi connectivity index (χ0v) is 9.26. The first-order valence-corrected chi connectivity index (χ1v) is 6.25. The van der Waals surface area contributed by atoms with Gasteiger partial charge in [-0.15, -0.1) is 0 Å². The minimum Gasteiger partial charge on any atom is -0.380 e. The lowest BCUT2D eigenvalue weighted by molar-refractivity contribution is 0.666. The molecular weight excluding hydrogens is 206 g/mol. The molecule has 3 nitrogen and oxygen atoms in total. The smallest absolute Gasteiger partial charge is 0.163 e. The van der Waals surface area contributed by atoms with Crippen LogP contribution in [0, 0.1) is 11.3 Å². The molecule has 1 aliphatic rings. The van der Waals surface area contributed by atoms with Crippen molar-refractivity contribution in [3.8, 4) is 6.07 Å². The van der Waals surface area contributed by atoms with E-state index in [1.807, 2.05) is 23.9 Å². The van der Waals surface area contributed by atoms with Crippen LogP contribution in [0.5, 0.6) is 0 Å². The van der Waals surface area contributed by atoms with Crippen molar-refractivity contribution >= 4 is 17.4 Å². The number of nitrogens with one attached hydrogen (secondary N) is 1. The van der Waals surface area contributed by atoms with Gasteiger partial charge in [-0.05, 0) is 36.5 Å². The number of anilines is 1. The van der Waals surface area contributed by atoms with Crippen LogP contribution in [0.3, 0.4) is 0 Å². The van der Waals surface area contributed by atoms with Gasteiger partial charge in [-0.2, -0.15) is 17.0 Å². The Morgan fingerprint density at radius 3 is 3.00 bits per heavy atom. The summed E-state index contributed by atoms with van der Waals surface area (Å²) in [7, 11) is 0. The monoisotopic (exact) mass is 219 g/mol. The van der Waals surface area contributed by atoms with E-state index in [1.54, 1.807) is 6.20 Å². The van der Waals surface area contributed by atoms with E-state index in [4.69, 9.17) is 5.26 Å². The summed E-state index contributed by atoms with van der Waals surface area (Å²) in [6.45, 7) is 0. The minimum absolute atomic E-state index is 0.496. The molecule has 0 aliphatic carbocycles. The lowest BCUT2D eigenvalue weighted by Gasteiger charge is -2.23. The van der Waals surface area contributed by atoms with E-state index in [0.717, 1.165) is 5.69 Å². The number of nitrogens with zero attached hydrogens (tertiary/aromatic N) is 2. The van der Waals surface area contributed by atoms with E-state index in [-0.39, 0.29) is 0 Å². The maximum atomic E-state index is 8.89. The van der Waals surface area contributed by atoms with E-state index >= 15 is 0 Å². The summed E-state index contributed by atoms with van der Waals surface area (Å²) < 4.78 is 0. The Kier molecular flexibility index (Phi) is 3.46. The third-order valence-corrected chi connectivity index (χ3v) is 3.54. The second-order valence-corrected chi connectivity index (χ2v) is 4.77. The molecule has 0 bridgehead atoms. The standard InChI is InChI=1S/C11H13N3S/c12-8-11-10(2-1-5-13-11)14-9-3-6-15-7-4-9/h1-2,5,9,14H,3-4,6-7H2. The minimum atomic E-state index is 0.496. The van der Waals surface area contributed by atoms with Crippen LogP contribution >= 0.6 is 11.8 Å². The van der Waals surface area contributed by atoms with Gasteiger partial charge >= 0.3 is 0 Å². The Hall–Kier alpha value is -1.21. The zero-order valence-electron chi connectivity index (χ0n) is 8.44. The van der Waals surface area contributed by atoms with Crippen molar-refractivity contribution < 1.29 is 0 Å². The summed E-state index contributed by atoms with van der Waals surface area (Å²) in [6.07, 6.45) is 4.00. The van der Waals surface area contributed by atoms with Gasteiger partial charge in [0.25, 0.3) is 0 Å². The highest BCUT2D eigenvalue weighted by molar-refractivity contribution is 7.99. The molecule has 1 N–H and O–H groups in total. The van der Waals surface area contributed by atoms with Gasteiger partial charge in [-0.25, -0.2) is 4.98 Å². The summed E-state index contributed by atoms with van der Waals surface area (Å²) in [6, 6.07) is 6.39. The Morgan fingerprint density at radius 1 is 1.47 bits per heavy atom. The fraction of sp³-hybridized carbons (Fsp3) is 0.455. The molecular formula is C11H13N3S. The van der Waals surface area contributed by atoms with Gasteiger partial charge < -0.3 is 5.32 Å². The molecule has 0 saturated carbocycles. The number of nitriles is 1. The zero-order chi connectivity index (χ0) is 10.5. The molecule has 0 radical (unpaired) electrons. The lowest BCUT2D eigenvalue weighted by Crippen LogP contribution is -2.25. The first-order valence-electron chi connectivity index (χ1n) is 5.09. The average molecular weight is 219 g/mol. The predicted molar refractivity (Wildman–Crippen MR) is 62.9 cm³/mol. The summed E-state index contributed by atoms with van der Waals surface area (Å²) in [5, 5.41) is 12.3. The van der Waals surface area contributed by atoms with Crippen LogP contribution in [0.1, 0.15) is 18.5 Å². The fourth-order valence-electron chi connectivity index (χ4n) is 1.67. The molecule has 0 atom stereocenters. The number of rotatable bonds is 2. The highest BCUT2D eigenvalue weighted by Gasteiger charge is 2.14. The van der Waals surface area contributed by atoms with Crippen LogP contribution in [-0.4, -0.2) is 22.5 Å². The molecule has 1 fully saturated rings. The third-order valence-electron chi connectivity index (χ3n) is 2.49. The molecule has 4 heteroatoms. The molecule has 1 aliphatic heterocycles. The van der Waals surface area contributed by atoms with E-state index < -0.39 is 0 Å². The van der Waals surface area contributed by atoms with E-state index in [1.165, 1.54) is 24.3 Å². The average Bonchev–Trinajstić information content (AvgIpc) is 2.31. The van der Waals surface area contributed by atoms with Crippen molar-refractivity contribution in [2.24, 2.45) is 0 Å². The van der Waals surface area contributed by atoms with E-state index in [2.05, 4.69) is 16.4 Å². The van der Waals surface area contributed by atoms with Gasteiger partial charge in [0, 0.05) is 12.2 Å². The number of hydrogen-bond acceptors (Lipinski definition) is 4. The predicted octanol–water partition coefficient (Wildman–Crippen LogP) is 2.26. The fourth-order valence-corrected chi connectivity index (χ4v) is 2.78. The van der Waals surface area contributed by atoms with Gasteiger partial charge in [-0.3, -0.25) is 0 Å². The molecule has 1 aromatic heterocycles. The summed E-state index contributed by atoms with van der Waals surface area (Å²) in [5.74, 6) is 2.42. The molecule has 2 heterocycles. The van der Waals surface area contributed by atoms with Crippen molar-refractivity contribution in [1.82, 2.24) is 4.98 Å². The second-order valence-electron chi connectivity index (χ2n) is 3.54. The van der Waals surface area contributed by atoms with E-state index in [9.17, 15) is 0 Å². The van der Waals surface area contributed by atoms with Crippen LogP contribution in [0.4, 0.5) is 5.69 Å². The molecule has 15 heavy (non-hydrogen) atoms. The highest BCUT2D eigenvalue weighted by Crippen LogP contribution is 2.21. The molecule has 0 spiro atoms. The van der Waals surface area contributed by atoms with Gasteiger partial charge in [-0.1, -0.05) is 0 Å². The van der Waals surface area contributed by atoms with Crippen LogP contribution in [0.2, 0.25) is 0 Å². The first-order chi connectivity index (χ1) is 7.40. The second kappa shape index (κ2) is 5.04. The molecule has 1 aromatic rings. The maximum absolute atomic E-state index is 8.89. The van der Waals surface area contributed by atoms with E-state index in [0.29, 0.717) is 11.7 Å². The molecule has 2 rings (SSSR count). The summed E-state index contributed by atoms with van der Waals surface area (Å²) >= 11 is 2.00. The quantitative estimate of drug-likeness (QED) is 0.829. The van der Waals surface area contributed by atoms with Gasteiger partial charge in [0.05, 0.1) is 5.69 Å². The summed E-state index contributed by atoms with van der Waals surface area (Å²) in [5.41, 5.74) is 1.37. The highest BCUT2D eigenvalue weighted by atomic mass is 32.2. The van der Waals surface area contributed by atoms with Gasteiger partial charge in [0.15, 0.2) is 5.69 Å². The number of pyridine rings is 1. The largest absolute Gasteiger partial charge is 0.380 e. The SMILES string of the molecule is N#Cc1ncccc1NC1CCSCC1. The van der Waals surface area contributed by atoms with Crippen molar-refractivity contribution in [1.29, 1.82) is 5.26 Å². The Balaban J connectivity index is 2.06. The van der Waals surface area contributed by atoms with Gasteiger partial charge in [0.1, 0.15) is 6.07 Å². The Morgan fingerprint density at radius 2 is 2.27 bits per heavy atom. The van der Waals surface area contributed by atoms with Crippen LogP contribution in [0.15, 0.2) is 18.3 Å². The Bertz CT molecular complexity index is 366. The molecule has 1 saturated heterocycles. The van der Waals surface area contributed by atoms with Crippen molar-refractivity contribution in [2.45, 2.75) is 18.9 Å². The van der Waals surface area contributed by atoms with Gasteiger partial charge in [0.2, 0.25) is 0 Å². The normalized spacial score (nSPS) is 17.0. The first kappa shape index (κ1) is 10.3. The molecule has 0 aromatic carbocycles. The summed E-state index contributed by atoms with van der Waals surface area (Å²) in [4.78, 5) is 4.03. The number of thioether (sulfide) groups is 1. The lowest BCUT2D eigenvalue weighted by atomic mass is 10.1. The van der Waals surface area contributed by atoms with Crippen LogP contribution in [0.25, 0.3) is 0 Å². The van der Waals surface area contributed by atoms with Crippen LogP contribution in [-0.2, 0) is 0 Å². The van der Waals surface area contributed by atoms with Crippen molar-refractivity contribution in [2.75, 3.05) is 16.8 Å². The number of hydrogen-bond donors (Lipinski definition) is 1. The molecule has 0 unspecified atom stereocenters. The maximum Gasteiger partial charge on any atom is 0.163 e. The van der Waals surface area contributed by atoms with Crippen molar-refractivity contribution in [3.05, 3.63) is 24.0 Å². The molecule has 0 amide bonds. The van der Waals surface area contributed by atoms with Crippen LogP contribution < -0.4 is 5.32 Å². The topological polar surface area (TPSA) is 48.7 Å².